The first-order chi connectivity index (χ1) is 8.79. The lowest BCUT2D eigenvalue weighted by atomic mass is 10.2. The number of H-pyrrole nitrogens is 1. The van der Waals surface area contributed by atoms with Gasteiger partial charge in [0.15, 0.2) is 23.1 Å². The van der Waals surface area contributed by atoms with E-state index in [1.165, 1.54) is 0 Å². The second-order valence-corrected chi connectivity index (χ2v) is 3.61. The van der Waals surface area contributed by atoms with Gasteiger partial charge in [0.05, 0.1) is 6.20 Å². The van der Waals surface area contributed by atoms with Crippen LogP contribution in [0.15, 0.2) is 24.5 Å². The number of pyridine rings is 1. The van der Waals surface area contributed by atoms with Gasteiger partial charge in [-0.25, -0.2) is 19.3 Å². The average Bonchev–Trinajstić information content (AvgIpc) is 2.83. The summed E-state index contributed by atoms with van der Waals surface area (Å²) in [5, 5.41) is 10.3. The molecular weight excluding hydrogens is 235 g/mol. The molecule has 3 aromatic rings. The summed E-state index contributed by atoms with van der Waals surface area (Å²) in [5.41, 5.74) is 1.20. The molecule has 0 aliphatic heterocycles. The zero-order valence-corrected chi connectivity index (χ0v) is 9.48. The van der Waals surface area contributed by atoms with Gasteiger partial charge in [-0.2, -0.15) is 5.10 Å². The third-order valence-electron chi connectivity index (χ3n) is 2.53. The van der Waals surface area contributed by atoms with Crippen molar-refractivity contribution >= 4 is 16.9 Å². The second kappa shape index (κ2) is 4.02. The highest BCUT2D eigenvalue weighted by molar-refractivity contribution is 5.88. The SMILES string of the molecule is CNc1nc(-c2[nH]nc3ncccc23)ncc1F. The van der Waals surface area contributed by atoms with Crippen LogP contribution in [0, 0.1) is 5.82 Å². The second-order valence-electron chi connectivity index (χ2n) is 3.61. The molecule has 6 nitrogen and oxygen atoms in total. The first kappa shape index (κ1) is 10.6. The van der Waals surface area contributed by atoms with Gasteiger partial charge in [-0.1, -0.05) is 0 Å². The fraction of sp³-hybridized carbons (Fsp3) is 0.0909. The predicted octanol–water partition coefficient (Wildman–Crippen LogP) is 1.60. The Labute approximate surface area is 101 Å². The van der Waals surface area contributed by atoms with Crippen molar-refractivity contribution in [3.05, 3.63) is 30.3 Å². The highest BCUT2D eigenvalue weighted by Crippen LogP contribution is 2.23. The molecule has 3 heterocycles. The first-order valence-electron chi connectivity index (χ1n) is 5.29. The van der Waals surface area contributed by atoms with Gasteiger partial charge in [-0.15, -0.1) is 0 Å². The van der Waals surface area contributed by atoms with Crippen molar-refractivity contribution in [3.63, 3.8) is 0 Å². The molecule has 18 heavy (non-hydrogen) atoms. The predicted molar refractivity (Wildman–Crippen MR) is 64.4 cm³/mol. The van der Waals surface area contributed by atoms with Crippen molar-refractivity contribution in [2.24, 2.45) is 0 Å². The molecule has 0 bridgehead atoms. The van der Waals surface area contributed by atoms with Crippen molar-refractivity contribution in [3.8, 4) is 11.5 Å². The fourth-order valence-electron chi connectivity index (χ4n) is 1.68. The highest BCUT2D eigenvalue weighted by Gasteiger charge is 2.12. The monoisotopic (exact) mass is 244 g/mol. The van der Waals surface area contributed by atoms with E-state index in [0.29, 0.717) is 17.2 Å². The summed E-state index contributed by atoms with van der Waals surface area (Å²) in [4.78, 5) is 12.1. The lowest BCUT2D eigenvalue weighted by Gasteiger charge is -2.02. The van der Waals surface area contributed by atoms with Gasteiger partial charge in [-0.05, 0) is 12.1 Å². The van der Waals surface area contributed by atoms with Crippen molar-refractivity contribution in [2.75, 3.05) is 12.4 Å². The fourth-order valence-corrected chi connectivity index (χ4v) is 1.68. The molecule has 3 rings (SSSR count). The molecule has 0 aliphatic rings. The highest BCUT2D eigenvalue weighted by atomic mass is 19.1. The molecule has 2 N–H and O–H groups in total. The summed E-state index contributed by atoms with van der Waals surface area (Å²) in [6.45, 7) is 0. The van der Waals surface area contributed by atoms with Gasteiger partial charge >= 0.3 is 0 Å². The van der Waals surface area contributed by atoms with Gasteiger partial charge in [0.25, 0.3) is 0 Å². The number of fused-ring (bicyclic) bond motifs is 1. The summed E-state index contributed by atoms with van der Waals surface area (Å²) in [5.74, 6) is 0.0195. The number of rotatable bonds is 2. The Morgan fingerprint density at radius 3 is 3.06 bits per heavy atom. The van der Waals surface area contributed by atoms with Crippen LogP contribution in [0.4, 0.5) is 10.2 Å². The van der Waals surface area contributed by atoms with E-state index in [0.717, 1.165) is 11.6 Å². The number of halogens is 1. The van der Waals surface area contributed by atoms with Crippen LogP contribution in [-0.4, -0.2) is 32.2 Å². The van der Waals surface area contributed by atoms with Gasteiger partial charge in [0, 0.05) is 18.6 Å². The Kier molecular flexibility index (Phi) is 2.36. The van der Waals surface area contributed by atoms with E-state index in [1.807, 2.05) is 6.07 Å². The molecule has 90 valence electrons. The van der Waals surface area contributed by atoms with E-state index in [1.54, 1.807) is 19.3 Å². The molecule has 0 fully saturated rings. The summed E-state index contributed by atoms with van der Waals surface area (Å²) in [7, 11) is 1.60. The van der Waals surface area contributed by atoms with Crippen molar-refractivity contribution < 1.29 is 4.39 Å². The van der Waals surface area contributed by atoms with Crippen LogP contribution < -0.4 is 5.32 Å². The largest absolute Gasteiger partial charge is 0.371 e. The molecular formula is C11H9FN6. The van der Waals surface area contributed by atoms with E-state index in [9.17, 15) is 4.39 Å². The van der Waals surface area contributed by atoms with E-state index >= 15 is 0 Å². The van der Waals surface area contributed by atoms with Crippen molar-refractivity contribution in [2.45, 2.75) is 0 Å². The van der Waals surface area contributed by atoms with E-state index in [-0.39, 0.29) is 5.82 Å². The molecule has 0 radical (unpaired) electrons. The summed E-state index contributed by atoms with van der Waals surface area (Å²) in [6, 6.07) is 3.65. The molecule has 3 aromatic heterocycles. The van der Waals surface area contributed by atoms with Gasteiger partial charge in [0.2, 0.25) is 0 Å². The minimum Gasteiger partial charge on any atom is -0.371 e. The molecule has 0 aromatic carbocycles. The number of aromatic nitrogens is 5. The van der Waals surface area contributed by atoms with Crippen molar-refractivity contribution in [1.29, 1.82) is 0 Å². The Hall–Kier alpha value is -2.57. The molecule has 7 heteroatoms. The van der Waals surface area contributed by atoms with E-state index in [2.05, 4.69) is 30.5 Å². The molecule has 0 spiro atoms. The van der Waals surface area contributed by atoms with E-state index in [4.69, 9.17) is 0 Å². The molecule has 0 aliphatic carbocycles. The quantitative estimate of drug-likeness (QED) is 0.715. The van der Waals surface area contributed by atoms with E-state index < -0.39 is 5.82 Å². The Morgan fingerprint density at radius 1 is 1.33 bits per heavy atom. The normalized spacial score (nSPS) is 10.8. The van der Waals surface area contributed by atoms with Crippen LogP contribution in [0.3, 0.4) is 0 Å². The Bertz CT molecular complexity index is 708. The molecule has 0 unspecified atom stereocenters. The zero-order chi connectivity index (χ0) is 12.5. The minimum absolute atomic E-state index is 0.145. The van der Waals surface area contributed by atoms with Crippen molar-refractivity contribution in [1.82, 2.24) is 25.1 Å². The number of hydrogen-bond donors (Lipinski definition) is 2. The average molecular weight is 244 g/mol. The summed E-state index contributed by atoms with van der Waals surface area (Å²) < 4.78 is 13.3. The molecule has 0 saturated heterocycles. The Morgan fingerprint density at radius 2 is 2.22 bits per heavy atom. The van der Waals surface area contributed by atoms with Crippen LogP contribution in [0.1, 0.15) is 0 Å². The van der Waals surface area contributed by atoms with Gasteiger partial charge in [0.1, 0.15) is 5.69 Å². The first-order valence-corrected chi connectivity index (χ1v) is 5.29. The van der Waals surface area contributed by atoms with Gasteiger partial charge < -0.3 is 5.32 Å². The number of anilines is 1. The number of nitrogens with one attached hydrogen (secondary N) is 2. The van der Waals surface area contributed by atoms with Gasteiger partial charge in [-0.3, -0.25) is 5.10 Å². The lowest BCUT2D eigenvalue weighted by Crippen LogP contribution is -2.00. The number of aromatic amines is 1. The minimum atomic E-state index is -0.497. The maximum atomic E-state index is 13.3. The van der Waals surface area contributed by atoms with Crippen LogP contribution >= 0.6 is 0 Å². The van der Waals surface area contributed by atoms with Crippen LogP contribution in [0.2, 0.25) is 0 Å². The third kappa shape index (κ3) is 1.56. The summed E-state index contributed by atoms with van der Waals surface area (Å²) >= 11 is 0. The Balaban J connectivity index is 2.20. The number of nitrogens with zero attached hydrogens (tertiary/aromatic N) is 4. The van der Waals surface area contributed by atoms with Crippen LogP contribution in [0.25, 0.3) is 22.6 Å². The summed E-state index contributed by atoms with van der Waals surface area (Å²) in [6.07, 6.45) is 2.77. The third-order valence-corrected chi connectivity index (χ3v) is 2.53. The topological polar surface area (TPSA) is 79.4 Å². The smallest absolute Gasteiger partial charge is 0.183 e. The van der Waals surface area contributed by atoms with Crippen LogP contribution in [0.5, 0.6) is 0 Å². The maximum Gasteiger partial charge on any atom is 0.183 e. The maximum absolute atomic E-state index is 13.3. The molecule has 0 amide bonds. The number of hydrogen-bond acceptors (Lipinski definition) is 5. The van der Waals surface area contributed by atoms with Crippen LogP contribution in [-0.2, 0) is 0 Å². The standard InChI is InChI=1S/C11H9FN6/c1-13-10-7(12)5-15-11(16-10)8-6-3-2-4-14-9(6)18-17-8/h2-5H,1H3,(H,13,15,16)(H,14,17,18). The lowest BCUT2D eigenvalue weighted by molar-refractivity contribution is 0.619. The molecule has 0 atom stereocenters. The molecule has 0 saturated carbocycles. The zero-order valence-electron chi connectivity index (χ0n) is 9.48.